The number of carbonyl (C=O) groups excluding carboxylic acids is 6. The fourth-order valence-corrected chi connectivity index (χ4v) is 9.84. The first-order valence-corrected chi connectivity index (χ1v) is 27.4. The van der Waals surface area contributed by atoms with E-state index in [1.54, 1.807) is 26.8 Å². The molecule has 0 aromatic heterocycles. The van der Waals surface area contributed by atoms with E-state index in [0.29, 0.717) is 44.1 Å². The molecule has 13 atom stereocenters. The maximum atomic E-state index is 13.7. The van der Waals surface area contributed by atoms with Crippen molar-refractivity contribution in [2.24, 2.45) is 41.4 Å². The summed E-state index contributed by atoms with van der Waals surface area (Å²) in [6.45, 7) is 22.9. The van der Waals surface area contributed by atoms with Gasteiger partial charge in [-0.3, -0.25) is 24.0 Å². The van der Waals surface area contributed by atoms with E-state index in [9.17, 15) is 46.8 Å². The molecule has 414 valence electrons. The van der Waals surface area contributed by atoms with E-state index in [2.05, 4.69) is 13.8 Å². The third-order valence-electron chi connectivity index (χ3n) is 13.1. The molecule has 2 saturated heterocycles. The molecule has 2 fully saturated rings. The van der Waals surface area contributed by atoms with Gasteiger partial charge >= 0.3 is 65.4 Å². The largest absolute Gasteiger partial charge is 1.00 e. The SMILES string of the molecule is CCC(=O)O[C@@H](C/C=C(\C)C(=O)OC)[C@H](C)[C@@H](OC(C)=O)[C@@H](C[C@H](C)[C@H](OC(=O)CC(C)C)[C@@H]1C[C@H](C)C[C@]2(C[C@H](C)C[C@@H]([C@@H](O)/C(C)=C/CC[C@H](C)CC(=O)OCCS(=O)(=O)[O-])O2)O1)OC(=O)CC(C)C.[Na+]. The summed E-state index contributed by atoms with van der Waals surface area (Å²) in [4.78, 5) is 77.7. The van der Waals surface area contributed by atoms with Gasteiger partial charge in [-0.2, -0.15) is 0 Å². The van der Waals surface area contributed by atoms with E-state index in [-0.39, 0.29) is 103 Å². The van der Waals surface area contributed by atoms with Gasteiger partial charge in [-0.15, -0.1) is 0 Å². The van der Waals surface area contributed by atoms with E-state index in [1.807, 2.05) is 54.5 Å². The Morgan fingerprint density at radius 1 is 0.767 bits per heavy atom. The fourth-order valence-electron chi connectivity index (χ4n) is 9.56. The van der Waals surface area contributed by atoms with Gasteiger partial charge in [0, 0.05) is 63.4 Å². The number of aliphatic hydroxyl groups excluding tert-OH is 1. The van der Waals surface area contributed by atoms with Crippen LogP contribution in [0.4, 0.5) is 0 Å². The molecule has 0 aliphatic carbocycles. The second-order valence-corrected chi connectivity index (χ2v) is 22.9. The molecule has 2 heterocycles. The van der Waals surface area contributed by atoms with E-state index in [1.165, 1.54) is 14.0 Å². The van der Waals surface area contributed by atoms with Crippen molar-refractivity contribution in [2.75, 3.05) is 19.5 Å². The predicted molar refractivity (Wildman–Crippen MR) is 265 cm³/mol. The van der Waals surface area contributed by atoms with Crippen molar-refractivity contribution in [3.05, 3.63) is 23.3 Å². The molecule has 0 amide bonds. The summed E-state index contributed by atoms with van der Waals surface area (Å²) in [7, 11) is -3.24. The van der Waals surface area contributed by atoms with Crippen molar-refractivity contribution in [1.82, 2.24) is 0 Å². The Labute approximate surface area is 457 Å². The van der Waals surface area contributed by atoms with Gasteiger partial charge in [0.25, 0.3) is 0 Å². The standard InChI is InChI=1S/C53H88O18S.Na/c1-15-45(55)67-41(20-19-37(10)52(60)64-14)39(12)51(66-40(13)54)43(68-47(57)23-31(2)3)28-38(11)50(69-48(58)24-32(4)5)44-26-35(8)30-53(71-44)29-34(7)25-42(70-53)49(59)36(9)18-16-17-33(6)27-46(56)65-21-22-72(61,62)63;/h18-19,31-35,38-39,41-44,49-51,59H,15-17,20-30H2,1-14H3,(H,61,62,63);/q;+1/p-1/b36-18+,37-19+;/t33-,34+,35-,38-,39-,41-,42-,43+,44-,49-,50-,51+,53-;/m0./s1. The number of aliphatic hydroxyl groups is 1. The summed E-state index contributed by atoms with van der Waals surface area (Å²) in [5.74, 6) is -6.91. The maximum absolute atomic E-state index is 13.7. The van der Waals surface area contributed by atoms with Crippen LogP contribution in [0.5, 0.6) is 0 Å². The van der Waals surface area contributed by atoms with Crippen LogP contribution in [0.1, 0.15) is 167 Å². The summed E-state index contributed by atoms with van der Waals surface area (Å²) in [5.41, 5.74) is 0.943. The minimum atomic E-state index is -4.50. The van der Waals surface area contributed by atoms with E-state index in [4.69, 9.17) is 37.9 Å². The average molecular weight is 1070 g/mol. The number of ether oxygens (including phenoxy) is 8. The van der Waals surface area contributed by atoms with Gasteiger partial charge in [-0.05, 0) is 87.0 Å². The van der Waals surface area contributed by atoms with Crippen molar-refractivity contribution in [2.45, 2.75) is 216 Å². The van der Waals surface area contributed by atoms with Gasteiger partial charge in [-0.25, -0.2) is 13.2 Å². The average Bonchev–Trinajstić information content (AvgIpc) is 3.25. The smallest absolute Gasteiger partial charge is 0.748 e. The first kappa shape index (κ1) is 68.1. The first-order valence-electron chi connectivity index (χ1n) is 25.8. The fraction of sp³-hybridized carbons (Fsp3) is 0.811. The Kier molecular flexibility index (Phi) is 30.4. The molecule has 2 rings (SSSR count). The van der Waals surface area contributed by atoms with Crippen LogP contribution in [0.15, 0.2) is 23.3 Å². The number of carbonyl (C=O) groups is 6. The van der Waals surface area contributed by atoms with Crippen molar-refractivity contribution < 1.29 is 114 Å². The molecule has 0 aromatic rings. The second kappa shape index (κ2) is 32.6. The van der Waals surface area contributed by atoms with Crippen LogP contribution in [-0.2, 0) is 76.8 Å². The van der Waals surface area contributed by atoms with Crippen molar-refractivity contribution in [3.63, 3.8) is 0 Å². The molecule has 0 saturated carbocycles. The Morgan fingerprint density at radius 2 is 1.32 bits per heavy atom. The number of hydrogen-bond donors (Lipinski definition) is 1. The number of methoxy groups -OCH3 is 1. The molecule has 0 aromatic carbocycles. The Bertz CT molecular complexity index is 1950. The third kappa shape index (κ3) is 25.2. The van der Waals surface area contributed by atoms with Crippen LogP contribution in [-0.4, -0.2) is 122 Å². The number of esters is 6. The van der Waals surface area contributed by atoms with Crippen LogP contribution in [0.2, 0.25) is 0 Å². The molecule has 0 bridgehead atoms. The van der Waals surface area contributed by atoms with Crippen molar-refractivity contribution >= 4 is 45.9 Å². The van der Waals surface area contributed by atoms with Crippen LogP contribution >= 0.6 is 0 Å². The zero-order valence-corrected chi connectivity index (χ0v) is 49.2. The quantitative estimate of drug-likeness (QED) is 0.0262. The van der Waals surface area contributed by atoms with Crippen molar-refractivity contribution in [1.29, 1.82) is 0 Å². The van der Waals surface area contributed by atoms with Crippen molar-refractivity contribution in [3.8, 4) is 0 Å². The number of allylic oxidation sites excluding steroid dienone is 1. The number of rotatable bonds is 29. The topological polar surface area (TPSA) is 254 Å². The van der Waals surface area contributed by atoms with Gasteiger partial charge in [0.05, 0.1) is 35.2 Å². The monoisotopic (exact) mass is 1070 g/mol. The maximum Gasteiger partial charge on any atom is 1.00 e. The summed E-state index contributed by atoms with van der Waals surface area (Å²) < 4.78 is 80.7. The van der Waals surface area contributed by atoms with Crippen LogP contribution in [0.3, 0.4) is 0 Å². The van der Waals surface area contributed by atoms with E-state index in [0.717, 1.165) is 0 Å². The Morgan fingerprint density at radius 3 is 1.85 bits per heavy atom. The van der Waals surface area contributed by atoms with Gasteiger partial charge in [-0.1, -0.05) is 81.4 Å². The van der Waals surface area contributed by atoms with Crippen LogP contribution < -0.4 is 29.6 Å². The molecular weight excluding hydrogens is 980 g/mol. The first-order chi connectivity index (χ1) is 33.5. The van der Waals surface area contributed by atoms with Gasteiger partial charge in [0.2, 0.25) is 0 Å². The summed E-state index contributed by atoms with van der Waals surface area (Å²) in [6.07, 6.45) is 0.348. The molecule has 2 aliphatic heterocycles. The molecule has 1 spiro atoms. The summed E-state index contributed by atoms with van der Waals surface area (Å²) in [5, 5.41) is 11.8. The Hall–Kier alpha value is -2.91. The predicted octanol–water partition coefficient (Wildman–Crippen LogP) is 4.86. The van der Waals surface area contributed by atoms with Gasteiger partial charge < -0.3 is 47.6 Å². The molecule has 73 heavy (non-hydrogen) atoms. The minimum absolute atomic E-state index is 0. The van der Waals surface area contributed by atoms with E-state index < -0.39 is 119 Å². The van der Waals surface area contributed by atoms with Gasteiger partial charge in [0.1, 0.15) is 37.1 Å². The summed E-state index contributed by atoms with van der Waals surface area (Å²) in [6, 6.07) is 0. The molecule has 2 aliphatic rings. The minimum Gasteiger partial charge on any atom is -0.748 e. The van der Waals surface area contributed by atoms with Crippen LogP contribution in [0, 0.1) is 41.4 Å². The zero-order valence-electron chi connectivity index (χ0n) is 46.4. The zero-order chi connectivity index (χ0) is 54.7. The molecule has 0 unspecified atom stereocenters. The van der Waals surface area contributed by atoms with Gasteiger partial charge in [0.15, 0.2) is 5.79 Å². The Balaban J connectivity index is 0.0000266. The molecule has 1 N–H and O–H groups in total. The van der Waals surface area contributed by atoms with E-state index >= 15 is 0 Å². The second-order valence-electron chi connectivity index (χ2n) is 21.4. The molecular formula is C53H87NaO18S. The summed E-state index contributed by atoms with van der Waals surface area (Å²) >= 11 is 0. The normalized spacial score (nSPS) is 23.9. The third-order valence-corrected chi connectivity index (χ3v) is 13.8. The molecule has 0 radical (unpaired) electrons. The molecule has 20 heteroatoms. The molecule has 18 nitrogen and oxygen atoms in total. The van der Waals surface area contributed by atoms with Crippen LogP contribution in [0.25, 0.3) is 0 Å². The number of hydrogen-bond acceptors (Lipinski definition) is 18.